The van der Waals surface area contributed by atoms with E-state index in [1.807, 2.05) is 12.3 Å². The van der Waals surface area contributed by atoms with Crippen LogP contribution in [0.15, 0.2) is 5.38 Å². The Balaban J connectivity index is 1.75. The van der Waals surface area contributed by atoms with Gasteiger partial charge < -0.3 is 10.1 Å². The number of nitrogens with one attached hydrogen (secondary N) is 1. The molecule has 21 heavy (non-hydrogen) atoms. The van der Waals surface area contributed by atoms with Crippen molar-refractivity contribution in [2.45, 2.75) is 45.6 Å². The molecule has 0 amide bonds. The average molecular weight is 311 g/mol. The second-order valence-corrected chi connectivity index (χ2v) is 6.31. The Bertz CT molecular complexity index is 444. The van der Waals surface area contributed by atoms with Crippen LogP contribution >= 0.6 is 11.3 Å². The lowest BCUT2D eigenvalue weighted by Gasteiger charge is -2.32. The van der Waals surface area contributed by atoms with Crippen LogP contribution in [0.25, 0.3) is 0 Å². The number of esters is 1. The number of carbonyl (C=O) groups excluding carboxylic acids is 1. The second kappa shape index (κ2) is 8.34. The molecule has 1 aliphatic rings. The molecule has 5 nitrogen and oxygen atoms in total. The van der Waals surface area contributed by atoms with Crippen LogP contribution < -0.4 is 5.32 Å². The lowest BCUT2D eigenvalue weighted by Crippen LogP contribution is -2.41. The molecule has 1 saturated heterocycles. The first-order valence-electron chi connectivity index (χ1n) is 7.77. The third-order valence-corrected chi connectivity index (χ3v) is 4.59. The van der Waals surface area contributed by atoms with Crippen LogP contribution in [0.2, 0.25) is 0 Å². The minimum atomic E-state index is -0.212. The Kier molecular flexibility index (Phi) is 6.45. The molecule has 0 bridgehead atoms. The topological polar surface area (TPSA) is 54.5 Å². The second-order valence-electron chi connectivity index (χ2n) is 5.45. The number of hydrogen-bond donors (Lipinski definition) is 1. The molecule has 6 heteroatoms. The minimum absolute atomic E-state index is 0.212. The molecule has 0 aliphatic carbocycles. The van der Waals surface area contributed by atoms with Crippen LogP contribution in [-0.2, 0) is 16.0 Å². The molecule has 0 radical (unpaired) electrons. The maximum absolute atomic E-state index is 11.4. The van der Waals surface area contributed by atoms with Gasteiger partial charge in [-0.2, -0.15) is 0 Å². The summed E-state index contributed by atoms with van der Waals surface area (Å²) < 4.78 is 4.93. The largest absolute Gasteiger partial charge is 0.466 e. The molecule has 1 fully saturated rings. The molecule has 1 aliphatic heterocycles. The molecule has 0 spiro atoms. The van der Waals surface area contributed by atoms with Crippen LogP contribution in [0.4, 0.5) is 5.13 Å². The van der Waals surface area contributed by atoms with Crippen molar-refractivity contribution in [2.75, 3.05) is 31.6 Å². The van der Waals surface area contributed by atoms with Gasteiger partial charge in [-0.15, -0.1) is 11.3 Å². The molecule has 0 aromatic carbocycles. The van der Waals surface area contributed by atoms with Gasteiger partial charge in [-0.05, 0) is 39.8 Å². The Morgan fingerprint density at radius 2 is 2.24 bits per heavy atom. The van der Waals surface area contributed by atoms with Crippen molar-refractivity contribution in [1.82, 2.24) is 9.88 Å². The summed E-state index contributed by atoms with van der Waals surface area (Å²) in [4.78, 5) is 18.4. The summed E-state index contributed by atoms with van der Waals surface area (Å²) in [5, 5.41) is 6.19. The fourth-order valence-corrected chi connectivity index (χ4v) is 3.27. The van der Waals surface area contributed by atoms with Crippen LogP contribution in [0.5, 0.6) is 0 Å². The summed E-state index contributed by atoms with van der Waals surface area (Å²) in [5.74, 6) is -0.212. The van der Waals surface area contributed by atoms with E-state index in [1.54, 1.807) is 11.3 Å². The van der Waals surface area contributed by atoms with E-state index < -0.39 is 0 Å². The van der Waals surface area contributed by atoms with Crippen molar-refractivity contribution < 1.29 is 9.53 Å². The molecule has 1 atom stereocenters. The van der Waals surface area contributed by atoms with Crippen LogP contribution in [0.1, 0.15) is 38.8 Å². The number of nitrogens with zero attached hydrogens (tertiary/aromatic N) is 2. The number of piperidine rings is 1. The molecular weight excluding hydrogens is 286 g/mol. The first-order chi connectivity index (χ1) is 10.2. The molecule has 0 saturated carbocycles. The van der Waals surface area contributed by atoms with Crippen molar-refractivity contribution in [3.63, 3.8) is 0 Å². The number of hydrogen-bond acceptors (Lipinski definition) is 6. The number of ether oxygens (including phenoxy) is 1. The summed E-state index contributed by atoms with van der Waals surface area (Å²) in [6.45, 7) is 7.79. The standard InChI is InChI=1S/C15H25N3O2S/c1-3-20-14(19)9-13-11-21-15(17-13)16-10-12(2)18-7-5-4-6-8-18/h11-12H,3-10H2,1-2H3,(H,16,17). The lowest BCUT2D eigenvalue weighted by atomic mass is 10.1. The fraction of sp³-hybridized carbons (Fsp3) is 0.733. The van der Waals surface area contributed by atoms with Gasteiger partial charge in [0.05, 0.1) is 18.7 Å². The van der Waals surface area contributed by atoms with E-state index in [0.29, 0.717) is 12.6 Å². The molecule has 1 aromatic rings. The third-order valence-electron chi connectivity index (χ3n) is 3.75. The van der Waals surface area contributed by atoms with Crippen molar-refractivity contribution in [1.29, 1.82) is 0 Å². The summed E-state index contributed by atoms with van der Waals surface area (Å²) in [5.41, 5.74) is 0.784. The molecule has 118 valence electrons. The number of likely N-dealkylation sites (tertiary alicyclic amines) is 1. The number of aromatic nitrogens is 1. The Labute approximate surface area is 130 Å². The van der Waals surface area contributed by atoms with Gasteiger partial charge in [-0.3, -0.25) is 9.69 Å². The number of thiazole rings is 1. The summed E-state index contributed by atoms with van der Waals surface area (Å²) >= 11 is 1.55. The monoisotopic (exact) mass is 311 g/mol. The van der Waals surface area contributed by atoms with Crippen molar-refractivity contribution in [3.8, 4) is 0 Å². The SMILES string of the molecule is CCOC(=O)Cc1csc(NCC(C)N2CCCCC2)n1. The van der Waals surface area contributed by atoms with E-state index >= 15 is 0 Å². The predicted octanol–water partition coefficient (Wildman–Crippen LogP) is 2.54. The van der Waals surface area contributed by atoms with E-state index in [2.05, 4.69) is 22.1 Å². The van der Waals surface area contributed by atoms with Gasteiger partial charge in [0.2, 0.25) is 0 Å². The zero-order valence-electron chi connectivity index (χ0n) is 12.9. The highest BCUT2D eigenvalue weighted by Crippen LogP contribution is 2.17. The Morgan fingerprint density at radius 3 is 2.95 bits per heavy atom. The Hall–Kier alpha value is -1.14. The Morgan fingerprint density at radius 1 is 1.48 bits per heavy atom. The van der Waals surface area contributed by atoms with Crippen molar-refractivity contribution >= 4 is 22.4 Å². The average Bonchev–Trinajstić information content (AvgIpc) is 2.93. The van der Waals surface area contributed by atoms with E-state index in [4.69, 9.17) is 4.74 Å². The van der Waals surface area contributed by atoms with Gasteiger partial charge in [-0.1, -0.05) is 6.42 Å². The first-order valence-corrected chi connectivity index (χ1v) is 8.65. The van der Waals surface area contributed by atoms with Gasteiger partial charge in [-0.25, -0.2) is 4.98 Å². The van der Waals surface area contributed by atoms with Crippen LogP contribution in [-0.4, -0.2) is 48.1 Å². The normalized spacial score (nSPS) is 17.4. The number of carbonyl (C=O) groups is 1. The van der Waals surface area contributed by atoms with Crippen LogP contribution in [0, 0.1) is 0 Å². The predicted molar refractivity (Wildman–Crippen MR) is 85.8 cm³/mol. The molecule has 1 N–H and O–H groups in total. The van der Waals surface area contributed by atoms with Gasteiger partial charge >= 0.3 is 5.97 Å². The fourth-order valence-electron chi connectivity index (χ4n) is 2.55. The number of rotatable bonds is 7. The quantitative estimate of drug-likeness (QED) is 0.784. The molecular formula is C15H25N3O2S. The smallest absolute Gasteiger partial charge is 0.311 e. The van der Waals surface area contributed by atoms with Crippen molar-refractivity contribution in [3.05, 3.63) is 11.1 Å². The summed E-state index contributed by atoms with van der Waals surface area (Å²) in [6.07, 6.45) is 4.24. The zero-order chi connectivity index (χ0) is 15.1. The maximum atomic E-state index is 11.4. The summed E-state index contributed by atoms with van der Waals surface area (Å²) in [6, 6.07) is 0.516. The van der Waals surface area contributed by atoms with E-state index in [0.717, 1.165) is 17.4 Å². The zero-order valence-corrected chi connectivity index (χ0v) is 13.7. The van der Waals surface area contributed by atoms with Gasteiger partial charge in [0.15, 0.2) is 5.13 Å². The van der Waals surface area contributed by atoms with Crippen LogP contribution in [0.3, 0.4) is 0 Å². The minimum Gasteiger partial charge on any atom is -0.466 e. The third kappa shape index (κ3) is 5.28. The number of anilines is 1. The highest BCUT2D eigenvalue weighted by Gasteiger charge is 2.16. The molecule has 2 heterocycles. The maximum Gasteiger partial charge on any atom is 0.311 e. The lowest BCUT2D eigenvalue weighted by molar-refractivity contribution is -0.142. The van der Waals surface area contributed by atoms with E-state index in [1.165, 1.54) is 32.4 Å². The van der Waals surface area contributed by atoms with Gasteiger partial charge in [0, 0.05) is 18.0 Å². The summed E-state index contributed by atoms with van der Waals surface area (Å²) in [7, 11) is 0. The van der Waals surface area contributed by atoms with Gasteiger partial charge in [0.25, 0.3) is 0 Å². The van der Waals surface area contributed by atoms with E-state index in [-0.39, 0.29) is 12.4 Å². The van der Waals surface area contributed by atoms with Gasteiger partial charge in [0.1, 0.15) is 0 Å². The van der Waals surface area contributed by atoms with E-state index in [9.17, 15) is 4.79 Å². The highest BCUT2D eigenvalue weighted by atomic mass is 32.1. The molecule has 2 rings (SSSR count). The first kappa shape index (κ1) is 16.2. The highest BCUT2D eigenvalue weighted by molar-refractivity contribution is 7.13. The molecule has 1 aromatic heterocycles. The molecule has 1 unspecified atom stereocenters. The van der Waals surface area contributed by atoms with Crippen molar-refractivity contribution in [2.24, 2.45) is 0 Å².